The predicted octanol–water partition coefficient (Wildman–Crippen LogP) is 3.59. The molecule has 1 amide bonds. The summed E-state index contributed by atoms with van der Waals surface area (Å²) in [4.78, 5) is 16.7. The Morgan fingerprint density at radius 2 is 2.24 bits per heavy atom. The summed E-state index contributed by atoms with van der Waals surface area (Å²) in [5, 5.41) is 3.02. The van der Waals surface area contributed by atoms with Crippen LogP contribution in [0.15, 0.2) is 48.2 Å². The Balaban J connectivity index is 1.48. The maximum absolute atomic E-state index is 12.2. The highest BCUT2D eigenvalue weighted by Crippen LogP contribution is 2.38. The van der Waals surface area contributed by atoms with Gasteiger partial charge in [-0.05, 0) is 49.4 Å². The molecule has 0 unspecified atom stereocenters. The molecule has 2 heterocycles. The quantitative estimate of drug-likeness (QED) is 0.930. The molecule has 1 aromatic heterocycles. The van der Waals surface area contributed by atoms with Gasteiger partial charge in [0, 0.05) is 23.8 Å². The monoisotopic (exact) mass is 334 g/mol. The summed E-state index contributed by atoms with van der Waals surface area (Å²) in [7, 11) is 0. The number of carbonyl (C=O) groups excluding carboxylic acids is 1. The first-order valence-corrected chi connectivity index (χ1v) is 8.90. The van der Waals surface area contributed by atoms with Crippen LogP contribution < -0.4 is 10.1 Å². The number of aryl methyl sites for hydroxylation is 1. The summed E-state index contributed by atoms with van der Waals surface area (Å²) >= 11 is 0. The number of aromatic nitrogens is 1. The molecule has 128 valence electrons. The number of rotatable bonds is 4. The lowest BCUT2D eigenvalue weighted by Crippen LogP contribution is -2.35. The molecule has 4 heteroatoms. The van der Waals surface area contributed by atoms with Crippen LogP contribution in [0.1, 0.15) is 30.4 Å². The Hall–Kier alpha value is -2.62. The normalized spacial score (nSPS) is 18.4. The van der Waals surface area contributed by atoms with Gasteiger partial charge in [-0.25, -0.2) is 0 Å². The van der Waals surface area contributed by atoms with E-state index in [9.17, 15) is 4.79 Å². The van der Waals surface area contributed by atoms with Crippen LogP contribution in [0.2, 0.25) is 0 Å². The van der Waals surface area contributed by atoms with Gasteiger partial charge in [0.15, 0.2) is 0 Å². The zero-order chi connectivity index (χ0) is 17.2. The highest BCUT2D eigenvalue weighted by atomic mass is 16.5. The highest BCUT2D eigenvalue weighted by Gasteiger charge is 2.27. The van der Waals surface area contributed by atoms with Gasteiger partial charge in [-0.1, -0.05) is 24.3 Å². The molecule has 25 heavy (non-hydrogen) atoms. The topological polar surface area (TPSA) is 51.2 Å². The third-order valence-corrected chi connectivity index (χ3v) is 4.92. The molecule has 0 saturated heterocycles. The summed E-state index contributed by atoms with van der Waals surface area (Å²) in [5.41, 5.74) is 5.22. The van der Waals surface area contributed by atoms with Crippen LogP contribution in [-0.2, 0) is 11.2 Å². The molecule has 2 aliphatic rings. The van der Waals surface area contributed by atoms with Crippen molar-refractivity contribution in [2.24, 2.45) is 0 Å². The molecule has 4 nitrogen and oxygen atoms in total. The first kappa shape index (κ1) is 15.9. The van der Waals surface area contributed by atoms with E-state index in [0.29, 0.717) is 6.54 Å². The number of ether oxygens (including phenoxy) is 1. The minimum atomic E-state index is -0.0221. The van der Waals surface area contributed by atoms with Crippen LogP contribution in [-0.4, -0.2) is 23.5 Å². The number of carbonyl (C=O) groups is 1. The number of fused-ring (bicyclic) bond motifs is 1. The largest absolute Gasteiger partial charge is 0.487 e. The van der Waals surface area contributed by atoms with Crippen LogP contribution in [0.4, 0.5) is 0 Å². The lowest BCUT2D eigenvalue weighted by atomic mass is 10.0. The molecule has 0 spiro atoms. The van der Waals surface area contributed by atoms with Crippen molar-refractivity contribution in [1.82, 2.24) is 10.3 Å². The number of para-hydroxylation sites is 1. The number of allylic oxidation sites excluding steroid dienone is 1. The van der Waals surface area contributed by atoms with E-state index < -0.39 is 0 Å². The zero-order valence-corrected chi connectivity index (χ0v) is 14.4. The molecule has 1 aliphatic heterocycles. The second-order valence-corrected chi connectivity index (χ2v) is 6.74. The minimum Gasteiger partial charge on any atom is -0.487 e. The molecular weight excluding hydrogens is 312 g/mol. The molecule has 0 fully saturated rings. The van der Waals surface area contributed by atoms with E-state index in [1.165, 1.54) is 5.56 Å². The second-order valence-electron chi connectivity index (χ2n) is 6.74. The Labute approximate surface area is 147 Å². The van der Waals surface area contributed by atoms with Gasteiger partial charge in [0.1, 0.15) is 11.9 Å². The summed E-state index contributed by atoms with van der Waals surface area (Å²) in [5.74, 6) is 0.960. The number of nitrogens with one attached hydrogen (secondary N) is 1. The Morgan fingerprint density at radius 3 is 3.04 bits per heavy atom. The van der Waals surface area contributed by atoms with E-state index in [1.54, 1.807) is 0 Å². The number of pyridine rings is 1. The van der Waals surface area contributed by atoms with E-state index in [4.69, 9.17) is 4.74 Å². The van der Waals surface area contributed by atoms with Crippen molar-refractivity contribution in [1.29, 1.82) is 0 Å². The molecule has 1 aromatic carbocycles. The first-order chi connectivity index (χ1) is 12.2. The van der Waals surface area contributed by atoms with Gasteiger partial charge in [-0.3, -0.25) is 9.78 Å². The molecule has 0 bridgehead atoms. The van der Waals surface area contributed by atoms with E-state index >= 15 is 0 Å². The van der Waals surface area contributed by atoms with E-state index in [-0.39, 0.29) is 12.0 Å². The van der Waals surface area contributed by atoms with Gasteiger partial charge in [0.05, 0.1) is 12.2 Å². The molecule has 0 radical (unpaired) electrons. The Kier molecular flexibility index (Phi) is 4.26. The summed E-state index contributed by atoms with van der Waals surface area (Å²) in [6.07, 6.45) is 7.63. The SMILES string of the molecule is Cc1cccnc1-c1cccc2c1O[C@@H](CNC(=O)C1=CCCC1)C2. The average molecular weight is 334 g/mol. The lowest BCUT2D eigenvalue weighted by Gasteiger charge is -2.14. The van der Waals surface area contributed by atoms with Crippen LogP contribution in [0.3, 0.4) is 0 Å². The van der Waals surface area contributed by atoms with Crippen molar-refractivity contribution >= 4 is 5.91 Å². The molecule has 1 atom stereocenters. The molecular formula is C21H22N2O2. The Bertz CT molecular complexity index is 842. The van der Waals surface area contributed by atoms with Crippen LogP contribution in [0.5, 0.6) is 5.75 Å². The number of hydrogen-bond donors (Lipinski definition) is 1. The van der Waals surface area contributed by atoms with Crippen molar-refractivity contribution in [2.45, 2.75) is 38.7 Å². The standard InChI is InChI=1S/C21H22N2O2/c1-14-6-5-11-22-19(14)18-10-4-9-16-12-17(25-20(16)18)13-23-21(24)15-7-2-3-8-15/h4-7,9-11,17H,2-3,8,12-13H2,1H3,(H,23,24)/t17-/m1/s1. The zero-order valence-electron chi connectivity index (χ0n) is 14.4. The number of benzene rings is 1. The van der Waals surface area contributed by atoms with Crippen molar-refractivity contribution < 1.29 is 9.53 Å². The summed E-state index contributed by atoms with van der Waals surface area (Å²) in [6.45, 7) is 2.59. The van der Waals surface area contributed by atoms with Gasteiger partial charge in [-0.15, -0.1) is 0 Å². The number of hydrogen-bond acceptors (Lipinski definition) is 3. The maximum atomic E-state index is 12.2. The van der Waals surface area contributed by atoms with Crippen molar-refractivity contribution in [3.8, 4) is 17.0 Å². The van der Waals surface area contributed by atoms with Gasteiger partial charge in [0.2, 0.25) is 5.91 Å². The molecule has 1 aliphatic carbocycles. The third kappa shape index (κ3) is 3.16. The van der Waals surface area contributed by atoms with Crippen LogP contribution in [0.25, 0.3) is 11.3 Å². The summed E-state index contributed by atoms with van der Waals surface area (Å²) in [6, 6.07) is 10.2. The fourth-order valence-corrected chi connectivity index (χ4v) is 3.60. The number of nitrogens with zero attached hydrogens (tertiary/aromatic N) is 1. The van der Waals surface area contributed by atoms with Crippen molar-refractivity contribution in [3.05, 3.63) is 59.3 Å². The average Bonchev–Trinajstić information content (AvgIpc) is 3.29. The smallest absolute Gasteiger partial charge is 0.247 e. The van der Waals surface area contributed by atoms with Crippen molar-refractivity contribution in [3.63, 3.8) is 0 Å². The minimum absolute atomic E-state index is 0.0221. The van der Waals surface area contributed by atoms with E-state index in [2.05, 4.69) is 41.5 Å². The van der Waals surface area contributed by atoms with Gasteiger partial charge < -0.3 is 10.1 Å². The van der Waals surface area contributed by atoms with E-state index in [0.717, 1.165) is 53.8 Å². The van der Waals surface area contributed by atoms with Crippen LogP contribution >= 0.6 is 0 Å². The fraction of sp³-hybridized carbons (Fsp3) is 0.333. The van der Waals surface area contributed by atoms with Gasteiger partial charge >= 0.3 is 0 Å². The Morgan fingerprint density at radius 1 is 1.32 bits per heavy atom. The second kappa shape index (κ2) is 6.71. The number of amides is 1. The highest BCUT2D eigenvalue weighted by molar-refractivity contribution is 5.93. The first-order valence-electron chi connectivity index (χ1n) is 8.90. The van der Waals surface area contributed by atoms with Crippen LogP contribution in [0, 0.1) is 6.92 Å². The molecule has 1 N–H and O–H groups in total. The lowest BCUT2D eigenvalue weighted by molar-refractivity contribution is -0.117. The van der Waals surface area contributed by atoms with Gasteiger partial charge in [-0.2, -0.15) is 0 Å². The third-order valence-electron chi connectivity index (χ3n) is 4.92. The molecule has 2 aromatic rings. The van der Waals surface area contributed by atoms with Gasteiger partial charge in [0.25, 0.3) is 0 Å². The molecule has 4 rings (SSSR count). The van der Waals surface area contributed by atoms with E-state index in [1.807, 2.05) is 18.3 Å². The predicted molar refractivity (Wildman–Crippen MR) is 97.5 cm³/mol. The summed E-state index contributed by atoms with van der Waals surface area (Å²) < 4.78 is 6.19. The molecule has 0 saturated carbocycles. The fourth-order valence-electron chi connectivity index (χ4n) is 3.60. The maximum Gasteiger partial charge on any atom is 0.247 e. The van der Waals surface area contributed by atoms with Crippen molar-refractivity contribution in [2.75, 3.05) is 6.54 Å².